The van der Waals surface area contributed by atoms with Crippen LogP contribution < -0.4 is 5.56 Å². The second-order valence-corrected chi connectivity index (χ2v) is 6.90. The molecule has 1 N–H and O–H groups in total. The third kappa shape index (κ3) is 2.93. The summed E-state index contributed by atoms with van der Waals surface area (Å²) >= 11 is 0. The average molecular weight is 379 g/mol. The highest BCUT2D eigenvalue weighted by atomic mass is 16.1. The number of fused-ring (bicyclic) bond motifs is 2. The van der Waals surface area contributed by atoms with Crippen molar-refractivity contribution >= 4 is 27.6 Å². The van der Waals surface area contributed by atoms with Gasteiger partial charge in [0.05, 0.1) is 35.0 Å². The van der Waals surface area contributed by atoms with Crippen LogP contribution >= 0.6 is 0 Å². The van der Waals surface area contributed by atoms with Gasteiger partial charge in [-0.2, -0.15) is 0 Å². The average Bonchev–Trinajstić information content (AvgIpc) is 3.16. The van der Waals surface area contributed by atoms with Gasteiger partial charge in [0.15, 0.2) is 5.78 Å². The number of H-pyrrole nitrogens is 1. The lowest BCUT2D eigenvalue weighted by Crippen LogP contribution is -2.24. The number of rotatable bonds is 4. The predicted octanol–water partition coefficient (Wildman–Crippen LogP) is 4.43. The smallest absolute Gasteiger partial charge is 0.261 e. The Labute approximate surface area is 166 Å². The van der Waals surface area contributed by atoms with Crippen LogP contribution in [0.15, 0.2) is 90.0 Å². The van der Waals surface area contributed by atoms with Crippen molar-refractivity contribution < 1.29 is 4.79 Å². The Morgan fingerprint density at radius 1 is 0.862 bits per heavy atom. The molecule has 0 atom stereocenters. The lowest BCUT2D eigenvalue weighted by Gasteiger charge is -2.08. The zero-order valence-electron chi connectivity index (χ0n) is 15.5. The van der Waals surface area contributed by atoms with Gasteiger partial charge in [-0.25, -0.2) is 4.98 Å². The first kappa shape index (κ1) is 17.1. The van der Waals surface area contributed by atoms with Crippen molar-refractivity contribution in [2.24, 2.45) is 0 Å². The molecular weight excluding hydrogens is 362 g/mol. The summed E-state index contributed by atoms with van der Waals surface area (Å²) in [5.41, 5.74) is 3.57. The first-order chi connectivity index (χ1) is 14.2. The molecule has 2 aromatic heterocycles. The van der Waals surface area contributed by atoms with Crippen molar-refractivity contribution in [3.63, 3.8) is 0 Å². The van der Waals surface area contributed by atoms with E-state index in [4.69, 9.17) is 0 Å². The fraction of sp³-hybridized carbons (Fsp3) is 0.0417. The fourth-order valence-electron chi connectivity index (χ4n) is 3.71. The van der Waals surface area contributed by atoms with Gasteiger partial charge in [-0.1, -0.05) is 60.7 Å². The molecule has 0 fully saturated rings. The van der Waals surface area contributed by atoms with Gasteiger partial charge in [0.1, 0.15) is 0 Å². The predicted molar refractivity (Wildman–Crippen MR) is 114 cm³/mol. The fourth-order valence-corrected chi connectivity index (χ4v) is 3.71. The maximum Gasteiger partial charge on any atom is 0.261 e. The van der Waals surface area contributed by atoms with E-state index in [0.29, 0.717) is 16.5 Å². The summed E-state index contributed by atoms with van der Waals surface area (Å²) in [6.45, 7) is -0.0711. The number of hydrogen-bond acceptors (Lipinski definition) is 3. The molecule has 0 radical (unpaired) electrons. The zero-order chi connectivity index (χ0) is 19.8. The van der Waals surface area contributed by atoms with E-state index in [-0.39, 0.29) is 17.9 Å². The van der Waals surface area contributed by atoms with Gasteiger partial charge >= 0.3 is 0 Å². The third-order valence-corrected chi connectivity index (χ3v) is 5.09. The number of para-hydroxylation sites is 2. The van der Waals surface area contributed by atoms with E-state index in [0.717, 1.165) is 22.2 Å². The quantitative estimate of drug-likeness (QED) is 0.470. The van der Waals surface area contributed by atoms with Gasteiger partial charge in [-0.05, 0) is 23.8 Å². The van der Waals surface area contributed by atoms with Gasteiger partial charge in [0, 0.05) is 10.9 Å². The molecule has 0 aliphatic heterocycles. The zero-order valence-corrected chi connectivity index (χ0v) is 15.5. The molecule has 29 heavy (non-hydrogen) atoms. The number of hydrogen-bond donors (Lipinski definition) is 1. The van der Waals surface area contributed by atoms with E-state index < -0.39 is 0 Å². The molecule has 0 aliphatic rings. The Bertz CT molecular complexity index is 1410. The summed E-state index contributed by atoms with van der Waals surface area (Å²) in [7, 11) is 0. The van der Waals surface area contributed by atoms with Gasteiger partial charge in [-0.3, -0.25) is 14.2 Å². The maximum atomic E-state index is 13.4. The lowest BCUT2D eigenvalue weighted by atomic mass is 10.0. The standard InChI is InChI=1S/C24H17N3O2/c28-21(14-27-15-25-19-12-6-5-11-18(19)24(27)29)22-17-10-4-7-13-20(17)26-23(22)16-8-2-1-3-9-16/h1-13,15,26H,14H2. The van der Waals surface area contributed by atoms with Crippen LogP contribution in [0, 0.1) is 0 Å². The Morgan fingerprint density at radius 3 is 2.38 bits per heavy atom. The second-order valence-electron chi connectivity index (χ2n) is 6.90. The van der Waals surface area contributed by atoms with Crippen LogP contribution in [0.5, 0.6) is 0 Å². The molecule has 0 aliphatic carbocycles. The molecule has 2 heterocycles. The van der Waals surface area contributed by atoms with E-state index in [9.17, 15) is 9.59 Å². The van der Waals surface area contributed by atoms with Crippen molar-refractivity contribution in [2.45, 2.75) is 6.54 Å². The Morgan fingerprint density at radius 2 is 1.55 bits per heavy atom. The van der Waals surface area contributed by atoms with E-state index in [1.54, 1.807) is 18.2 Å². The number of aromatic amines is 1. The van der Waals surface area contributed by atoms with Crippen molar-refractivity contribution in [3.8, 4) is 11.3 Å². The molecule has 5 aromatic rings. The molecule has 0 spiro atoms. The van der Waals surface area contributed by atoms with Crippen LogP contribution in [0.3, 0.4) is 0 Å². The van der Waals surface area contributed by atoms with Crippen LogP contribution in [0.25, 0.3) is 33.1 Å². The maximum absolute atomic E-state index is 13.4. The lowest BCUT2D eigenvalue weighted by molar-refractivity contribution is 0.0973. The van der Waals surface area contributed by atoms with Crippen LogP contribution in [-0.4, -0.2) is 20.3 Å². The molecule has 5 heteroatoms. The van der Waals surface area contributed by atoms with Crippen molar-refractivity contribution in [1.82, 2.24) is 14.5 Å². The molecule has 0 amide bonds. The normalized spacial score (nSPS) is 11.2. The minimum atomic E-state index is -0.218. The van der Waals surface area contributed by atoms with Gasteiger partial charge < -0.3 is 4.98 Å². The highest BCUT2D eigenvalue weighted by Gasteiger charge is 2.20. The molecule has 0 saturated heterocycles. The molecule has 5 rings (SSSR count). The summed E-state index contributed by atoms with van der Waals surface area (Å²) in [5.74, 6) is -0.138. The molecular formula is C24H17N3O2. The minimum absolute atomic E-state index is 0.0711. The number of benzene rings is 3. The van der Waals surface area contributed by atoms with Crippen LogP contribution in [0.1, 0.15) is 10.4 Å². The number of nitrogens with one attached hydrogen (secondary N) is 1. The van der Waals surface area contributed by atoms with Gasteiger partial charge in [-0.15, -0.1) is 0 Å². The van der Waals surface area contributed by atoms with Crippen LogP contribution in [0.4, 0.5) is 0 Å². The summed E-state index contributed by atoms with van der Waals surface area (Å²) in [6, 6.07) is 24.6. The third-order valence-electron chi connectivity index (χ3n) is 5.09. The largest absolute Gasteiger partial charge is 0.354 e. The van der Waals surface area contributed by atoms with Crippen LogP contribution in [-0.2, 0) is 6.54 Å². The molecule has 5 nitrogen and oxygen atoms in total. The van der Waals surface area contributed by atoms with Crippen molar-refractivity contribution in [3.05, 3.63) is 101 Å². The van der Waals surface area contributed by atoms with Crippen molar-refractivity contribution in [1.29, 1.82) is 0 Å². The number of nitrogens with zero attached hydrogens (tertiary/aromatic N) is 2. The summed E-state index contributed by atoms with van der Waals surface area (Å²) in [4.78, 5) is 33.9. The monoisotopic (exact) mass is 379 g/mol. The van der Waals surface area contributed by atoms with Crippen molar-refractivity contribution in [2.75, 3.05) is 0 Å². The summed E-state index contributed by atoms with van der Waals surface area (Å²) in [5, 5.41) is 1.35. The molecule has 0 bridgehead atoms. The molecule has 0 saturated carbocycles. The van der Waals surface area contributed by atoms with E-state index in [1.165, 1.54) is 10.9 Å². The molecule has 0 unspecified atom stereocenters. The molecule has 3 aromatic carbocycles. The Balaban J connectivity index is 1.64. The Kier molecular flexibility index (Phi) is 4.06. The van der Waals surface area contributed by atoms with Gasteiger partial charge in [0.2, 0.25) is 0 Å². The van der Waals surface area contributed by atoms with E-state index in [2.05, 4.69) is 9.97 Å². The molecule has 140 valence electrons. The highest BCUT2D eigenvalue weighted by molar-refractivity contribution is 6.13. The van der Waals surface area contributed by atoms with Crippen LogP contribution in [0.2, 0.25) is 0 Å². The number of carbonyl (C=O) groups is 1. The van der Waals surface area contributed by atoms with E-state index >= 15 is 0 Å². The highest BCUT2D eigenvalue weighted by Crippen LogP contribution is 2.30. The SMILES string of the molecule is O=C(Cn1cnc2ccccc2c1=O)c1c(-c2ccccc2)[nH]c2ccccc12. The first-order valence-electron chi connectivity index (χ1n) is 9.36. The summed E-state index contributed by atoms with van der Waals surface area (Å²) < 4.78 is 1.38. The number of carbonyl (C=O) groups excluding carboxylic acids is 1. The topological polar surface area (TPSA) is 67.8 Å². The van der Waals surface area contributed by atoms with E-state index in [1.807, 2.05) is 60.7 Å². The number of ketones is 1. The second kappa shape index (κ2) is 6.87. The Hall–Kier alpha value is -3.99. The van der Waals surface area contributed by atoms with Gasteiger partial charge in [0.25, 0.3) is 5.56 Å². The number of Topliss-reactive ketones (excluding diaryl/α,β-unsaturated/α-hetero) is 1. The first-order valence-corrected chi connectivity index (χ1v) is 9.36. The number of aromatic nitrogens is 3. The minimum Gasteiger partial charge on any atom is -0.354 e. The summed E-state index contributed by atoms with van der Waals surface area (Å²) in [6.07, 6.45) is 1.44.